The fourth-order valence-corrected chi connectivity index (χ4v) is 9.42. The number of carbonyl (C=O) groups is 2. The van der Waals surface area contributed by atoms with Crippen molar-refractivity contribution in [1.82, 2.24) is 10.2 Å². The lowest BCUT2D eigenvalue weighted by Gasteiger charge is -2.25. The van der Waals surface area contributed by atoms with E-state index in [-0.39, 0.29) is 24.0 Å². The van der Waals surface area contributed by atoms with Gasteiger partial charge in [-0.2, -0.15) is 0 Å². The zero-order valence-corrected chi connectivity index (χ0v) is 45.2. The number of unbranched alkanes of at least 4 members (excludes halogenated alkanes) is 33. The minimum absolute atomic E-state index is 0.0504. The third kappa shape index (κ3) is 49.2. The molecule has 0 bridgehead atoms. The first kappa shape index (κ1) is 64.8. The summed E-state index contributed by atoms with van der Waals surface area (Å²) in [5.41, 5.74) is 0. The van der Waals surface area contributed by atoms with E-state index in [1.807, 2.05) is 0 Å². The van der Waals surface area contributed by atoms with Gasteiger partial charge in [-0.25, -0.2) is 0 Å². The number of ether oxygens (including phenoxy) is 2. The summed E-state index contributed by atoms with van der Waals surface area (Å²) in [6.45, 7) is 15.4. The highest BCUT2D eigenvalue weighted by Gasteiger charge is 2.19. The summed E-state index contributed by atoms with van der Waals surface area (Å²) in [5, 5.41) is 15.0. The molecule has 0 aromatic rings. The topological polar surface area (TPSA) is 88.1 Å². The van der Waals surface area contributed by atoms with E-state index in [4.69, 9.17) is 9.47 Å². The molecule has 0 aromatic carbocycles. The lowest BCUT2D eigenvalue weighted by atomic mass is 9.92. The summed E-state index contributed by atoms with van der Waals surface area (Å²) in [5.74, 6) is 0.0843. The van der Waals surface area contributed by atoms with E-state index in [1.54, 1.807) is 0 Å². The number of aliphatic hydroxyl groups is 1. The zero-order chi connectivity index (χ0) is 48.1. The minimum Gasteiger partial charge on any atom is -0.466 e. The molecule has 0 fully saturated rings. The van der Waals surface area contributed by atoms with Crippen molar-refractivity contribution in [3.8, 4) is 0 Å². The van der Waals surface area contributed by atoms with Crippen LogP contribution in [0.3, 0.4) is 0 Å². The molecule has 7 heteroatoms. The normalized spacial score (nSPS) is 12.6. The predicted molar refractivity (Wildman–Crippen MR) is 287 cm³/mol. The molecule has 0 rings (SSSR count). The molecule has 394 valence electrons. The molecule has 2 N–H and O–H groups in total. The largest absolute Gasteiger partial charge is 0.466 e. The van der Waals surface area contributed by atoms with Gasteiger partial charge in [0.2, 0.25) is 0 Å². The fraction of sp³-hybridized carbons (Fsp3) is 0.966. The van der Waals surface area contributed by atoms with Crippen LogP contribution in [0.4, 0.5) is 0 Å². The highest BCUT2D eigenvalue weighted by Crippen LogP contribution is 2.20. The Balaban J connectivity index is 4.25. The number of hydrogen-bond acceptors (Lipinski definition) is 7. The SMILES string of the molecule is CCCCCCCCCCCCCCCCCC(=O)OCCCCCC(O)C(CCCCOC(=O)CCCCCCCCCCCCCCCCC)CNCCCN(CCCC)CCCC. The molecule has 2 atom stereocenters. The predicted octanol–water partition coefficient (Wildman–Crippen LogP) is 17.2. The monoisotopic (exact) mass is 935 g/mol. The first-order valence-electron chi connectivity index (χ1n) is 29.9. The second-order valence-electron chi connectivity index (χ2n) is 20.6. The highest BCUT2D eigenvalue weighted by atomic mass is 16.5. The van der Waals surface area contributed by atoms with Crippen molar-refractivity contribution >= 4 is 11.9 Å². The number of rotatable bonds is 56. The van der Waals surface area contributed by atoms with Crippen LogP contribution in [0.5, 0.6) is 0 Å². The Morgan fingerprint density at radius 2 is 0.712 bits per heavy atom. The Bertz CT molecular complexity index is 957. The first-order chi connectivity index (χ1) is 32.5. The van der Waals surface area contributed by atoms with E-state index in [0.717, 1.165) is 96.7 Å². The number of nitrogens with one attached hydrogen (secondary N) is 1. The van der Waals surface area contributed by atoms with Crippen molar-refractivity contribution in [1.29, 1.82) is 0 Å². The van der Waals surface area contributed by atoms with Crippen molar-refractivity contribution in [2.45, 2.75) is 316 Å². The van der Waals surface area contributed by atoms with Gasteiger partial charge < -0.3 is 24.8 Å². The van der Waals surface area contributed by atoms with Crippen LogP contribution < -0.4 is 5.32 Å². The Morgan fingerprint density at radius 3 is 1.11 bits per heavy atom. The molecular weight excluding hydrogens is 817 g/mol. The zero-order valence-electron chi connectivity index (χ0n) is 45.2. The van der Waals surface area contributed by atoms with Gasteiger partial charge in [-0.3, -0.25) is 9.59 Å². The number of nitrogens with zero attached hydrogens (tertiary/aromatic N) is 1. The van der Waals surface area contributed by atoms with Crippen LogP contribution in [0.15, 0.2) is 0 Å². The third-order valence-corrected chi connectivity index (χ3v) is 14.0. The quantitative estimate of drug-likeness (QED) is 0.0464. The molecule has 66 heavy (non-hydrogen) atoms. The van der Waals surface area contributed by atoms with Crippen molar-refractivity contribution in [3.05, 3.63) is 0 Å². The van der Waals surface area contributed by atoms with Gasteiger partial charge in [-0.05, 0) is 103 Å². The van der Waals surface area contributed by atoms with Crippen LogP contribution in [0.25, 0.3) is 0 Å². The Morgan fingerprint density at radius 1 is 0.394 bits per heavy atom. The summed E-state index contributed by atoms with van der Waals surface area (Å²) < 4.78 is 11.2. The molecule has 0 heterocycles. The highest BCUT2D eigenvalue weighted by molar-refractivity contribution is 5.69. The van der Waals surface area contributed by atoms with Gasteiger partial charge in [0.1, 0.15) is 0 Å². The average molecular weight is 936 g/mol. The second-order valence-corrected chi connectivity index (χ2v) is 20.6. The molecule has 0 aliphatic carbocycles. The maximum absolute atomic E-state index is 12.4. The van der Waals surface area contributed by atoms with Crippen LogP contribution in [0, 0.1) is 5.92 Å². The number of hydrogen-bond donors (Lipinski definition) is 2. The summed E-state index contributed by atoms with van der Waals surface area (Å²) in [7, 11) is 0. The number of aliphatic hydroxyl groups excluding tert-OH is 1. The van der Waals surface area contributed by atoms with Gasteiger partial charge in [0.25, 0.3) is 0 Å². The van der Waals surface area contributed by atoms with E-state index in [0.29, 0.717) is 26.1 Å². The fourth-order valence-electron chi connectivity index (χ4n) is 9.42. The summed E-state index contributed by atoms with van der Waals surface area (Å²) >= 11 is 0. The number of esters is 2. The Kier molecular flexibility index (Phi) is 53.8. The molecule has 0 saturated heterocycles. The van der Waals surface area contributed by atoms with Crippen LogP contribution in [-0.2, 0) is 19.1 Å². The van der Waals surface area contributed by atoms with E-state index in [2.05, 4.69) is 37.9 Å². The van der Waals surface area contributed by atoms with Crippen LogP contribution >= 0.6 is 0 Å². The molecule has 0 saturated carbocycles. The smallest absolute Gasteiger partial charge is 0.305 e. The van der Waals surface area contributed by atoms with Gasteiger partial charge >= 0.3 is 11.9 Å². The maximum Gasteiger partial charge on any atom is 0.305 e. The molecule has 2 unspecified atom stereocenters. The van der Waals surface area contributed by atoms with Gasteiger partial charge in [0.05, 0.1) is 19.3 Å². The summed E-state index contributed by atoms with van der Waals surface area (Å²) in [4.78, 5) is 27.4. The van der Waals surface area contributed by atoms with Crippen LogP contribution in [0.1, 0.15) is 310 Å². The standard InChI is InChI=1S/C59H118N2O5/c1-5-9-13-15-17-19-21-23-25-27-29-31-33-35-39-47-58(63)65-53-42-37-38-46-57(62)56(55-60-49-44-52-61(50-11-7-3)51-12-8-4)45-41-43-54-66-59(64)48-40-36-34-32-30-28-26-24-22-20-18-16-14-10-6-2/h56-57,60,62H,5-55H2,1-4H3. The lowest BCUT2D eigenvalue weighted by Crippen LogP contribution is -2.34. The first-order valence-corrected chi connectivity index (χ1v) is 29.9. The maximum atomic E-state index is 12.4. The van der Waals surface area contributed by atoms with E-state index < -0.39 is 0 Å². The van der Waals surface area contributed by atoms with Crippen LogP contribution in [-0.4, -0.2) is 74.0 Å². The molecule has 7 nitrogen and oxygen atoms in total. The molecule has 0 amide bonds. The lowest BCUT2D eigenvalue weighted by molar-refractivity contribution is -0.144. The average Bonchev–Trinajstić information content (AvgIpc) is 3.32. The van der Waals surface area contributed by atoms with Gasteiger partial charge in [0.15, 0.2) is 0 Å². The molecule has 0 aliphatic heterocycles. The van der Waals surface area contributed by atoms with Gasteiger partial charge in [0, 0.05) is 19.4 Å². The minimum atomic E-state index is -0.358. The van der Waals surface area contributed by atoms with Crippen molar-refractivity contribution in [3.63, 3.8) is 0 Å². The van der Waals surface area contributed by atoms with Gasteiger partial charge in [-0.1, -0.05) is 227 Å². The van der Waals surface area contributed by atoms with E-state index >= 15 is 0 Å². The van der Waals surface area contributed by atoms with Gasteiger partial charge in [-0.15, -0.1) is 0 Å². The molecule has 0 aromatic heterocycles. The summed E-state index contributed by atoms with van der Waals surface area (Å²) in [6.07, 6.45) is 52.9. The Labute approximate surface area is 413 Å². The Hall–Kier alpha value is -1.18. The molecular formula is C59H118N2O5. The van der Waals surface area contributed by atoms with Crippen molar-refractivity contribution in [2.24, 2.45) is 5.92 Å². The number of carbonyl (C=O) groups excluding carboxylic acids is 2. The van der Waals surface area contributed by atoms with Crippen molar-refractivity contribution < 1.29 is 24.2 Å². The molecule has 0 radical (unpaired) electrons. The van der Waals surface area contributed by atoms with E-state index in [9.17, 15) is 14.7 Å². The van der Waals surface area contributed by atoms with Crippen molar-refractivity contribution in [2.75, 3.05) is 45.9 Å². The molecule has 0 spiro atoms. The second kappa shape index (κ2) is 54.8. The third-order valence-electron chi connectivity index (χ3n) is 14.0. The van der Waals surface area contributed by atoms with Crippen LogP contribution in [0.2, 0.25) is 0 Å². The summed E-state index contributed by atoms with van der Waals surface area (Å²) in [6, 6.07) is 0. The molecule has 0 aliphatic rings. The van der Waals surface area contributed by atoms with E-state index in [1.165, 1.54) is 206 Å².